The van der Waals surface area contributed by atoms with Crippen LogP contribution in [0.1, 0.15) is 43.9 Å². The largest absolute Gasteiger partial charge is 0.354 e. The Morgan fingerprint density at radius 3 is 2.23 bits per heavy atom. The summed E-state index contributed by atoms with van der Waals surface area (Å²) in [5.74, 6) is -0.181. The Balaban J connectivity index is 2.24. The second kappa shape index (κ2) is 8.96. The van der Waals surface area contributed by atoms with Gasteiger partial charge in [0.1, 0.15) is 0 Å². The van der Waals surface area contributed by atoms with Crippen LogP contribution >= 0.6 is 0 Å². The van der Waals surface area contributed by atoms with Gasteiger partial charge in [-0.25, -0.2) is 13.1 Å². The second-order valence-corrected chi connectivity index (χ2v) is 8.19. The lowest BCUT2D eigenvalue weighted by atomic mass is 10.0. The highest BCUT2D eigenvalue weighted by Gasteiger charge is 2.24. The van der Waals surface area contributed by atoms with Gasteiger partial charge in [-0.3, -0.25) is 4.79 Å². The molecule has 0 radical (unpaired) electrons. The van der Waals surface area contributed by atoms with Crippen LogP contribution in [0.15, 0.2) is 59.5 Å². The van der Waals surface area contributed by atoms with Crippen LogP contribution in [0, 0.1) is 6.92 Å². The van der Waals surface area contributed by atoms with Crippen molar-refractivity contribution in [2.45, 2.75) is 50.6 Å². The van der Waals surface area contributed by atoms with Crippen molar-refractivity contribution in [3.05, 3.63) is 65.7 Å². The molecule has 2 rings (SSSR count). The molecule has 140 valence electrons. The van der Waals surface area contributed by atoms with E-state index in [1.807, 2.05) is 51.1 Å². The maximum atomic E-state index is 12.7. The fourth-order valence-corrected chi connectivity index (χ4v) is 3.73. The van der Waals surface area contributed by atoms with E-state index in [0.29, 0.717) is 0 Å². The van der Waals surface area contributed by atoms with E-state index < -0.39 is 16.1 Å². The lowest BCUT2D eigenvalue weighted by Crippen LogP contribution is -2.37. The van der Waals surface area contributed by atoms with E-state index in [9.17, 15) is 13.2 Å². The molecule has 0 aromatic heterocycles. The Morgan fingerprint density at radius 2 is 1.65 bits per heavy atom. The van der Waals surface area contributed by atoms with Crippen LogP contribution in [0.4, 0.5) is 0 Å². The minimum absolute atomic E-state index is 0.0411. The molecule has 0 spiro atoms. The van der Waals surface area contributed by atoms with Crippen LogP contribution in [-0.4, -0.2) is 20.4 Å². The normalized spacial score (nSPS) is 13.8. The molecule has 0 aliphatic rings. The quantitative estimate of drug-likeness (QED) is 0.744. The van der Waals surface area contributed by atoms with E-state index in [4.69, 9.17) is 0 Å². The zero-order valence-corrected chi connectivity index (χ0v) is 16.2. The summed E-state index contributed by atoms with van der Waals surface area (Å²) in [6.07, 6.45) is 0.857. The third kappa shape index (κ3) is 5.68. The molecule has 0 fully saturated rings. The molecule has 5 nitrogen and oxygen atoms in total. The summed E-state index contributed by atoms with van der Waals surface area (Å²) in [6, 6.07) is 15.2. The summed E-state index contributed by atoms with van der Waals surface area (Å²) in [4.78, 5) is 12.5. The number of carbonyl (C=O) groups excluding carboxylic acids is 1. The van der Waals surface area contributed by atoms with Gasteiger partial charge >= 0.3 is 0 Å². The van der Waals surface area contributed by atoms with Crippen molar-refractivity contribution in [1.29, 1.82) is 0 Å². The second-order valence-electron chi connectivity index (χ2n) is 6.48. The predicted molar refractivity (Wildman–Crippen MR) is 103 cm³/mol. The van der Waals surface area contributed by atoms with Gasteiger partial charge in [0.05, 0.1) is 10.9 Å². The zero-order valence-electron chi connectivity index (χ0n) is 15.4. The van der Waals surface area contributed by atoms with Gasteiger partial charge in [-0.1, -0.05) is 55.0 Å². The first-order valence-electron chi connectivity index (χ1n) is 8.75. The summed E-state index contributed by atoms with van der Waals surface area (Å²) in [5, 5.41) is 2.89. The van der Waals surface area contributed by atoms with Gasteiger partial charge in [0, 0.05) is 12.5 Å². The van der Waals surface area contributed by atoms with Gasteiger partial charge in [-0.05, 0) is 38.0 Å². The van der Waals surface area contributed by atoms with Crippen molar-refractivity contribution in [3.8, 4) is 0 Å². The van der Waals surface area contributed by atoms with Gasteiger partial charge in [0.2, 0.25) is 15.9 Å². The number of carbonyl (C=O) groups is 1. The van der Waals surface area contributed by atoms with Crippen LogP contribution in [-0.2, 0) is 14.8 Å². The maximum Gasteiger partial charge on any atom is 0.241 e. The molecule has 0 heterocycles. The topological polar surface area (TPSA) is 75.3 Å². The summed E-state index contributed by atoms with van der Waals surface area (Å²) in [5.41, 5.74) is 1.74. The Morgan fingerprint density at radius 1 is 1.04 bits per heavy atom. The molecule has 2 N–H and O–H groups in total. The van der Waals surface area contributed by atoms with Crippen molar-refractivity contribution in [3.63, 3.8) is 0 Å². The third-order valence-electron chi connectivity index (χ3n) is 4.24. The monoisotopic (exact) mass is 374 g/mol. The smallest absolute Gasteiger partial charge is 0.241 e. The van der Waals surface area contributed by atoms with Crippen molar-refractivity contribution in [2.75, 3.05) is 0 Å². The molecule has 2 aromatic rings. The molecule has 0 aliphatic carbocycles. The maximum absolute atomic E-state index is 12.7. The highest BCUT2D eigenvalue weighted by atomic mass is 32.2. The Labute approximate surface area is 155 Å². The van der Waals surface area contributed by atoms with E-state index in [2.05, 4.69) is 10.0 Å². The van der Waals surface area contributed by atoms with Crippen LogP contribution in [0.25, 0.3) is 0 Å². The van der Waals surface area contributed by atoms with Crippen molar-refractivity contribution in [1.82, 2.24) is 10.0 Å². The van der Waals surface area contributed by atoms with Crippen molar-refractivity contribution in [2.24, 2.45) is 0 Å². The number of hydrogen-bond donors (Lipinski definition) is 2. The fourth-order valence-electron chi connectivity index (χ4n) is 2.51. The summed E-state index contributed by atoms with van der Waals surface area (Å²) < 4.78 is 28.2. The van der Waals surface area contributed by atoms with Gasteiger partial charge in [-0.2, -0.15) is 0 Å². The number of hydrogen-bond acceptors (Lipinski definition) is 3. The Hall–Kier alpha value is -2.18. The molecule has 0 aliphatic heterocycles. The molecule has 0 saturated carbocycles. The van der Waals surface area contributed by atoms with Gasteiger partial charge in [-0.15, -0.1) is 0 Å². The van der Waals surface area contributed by atoms with Gasteiger partial charge in [0.15, 0.2) is 0 Å². The van der Waals surface area contributed by atoms with E-state index >= 15 is 0 Å². The number of amides is 1. The molecule has 26 heavy (non-hydrogen) atoms. The number of sulfonamides is 1. The van der Waals surface area contributed by atoms with Crippen LogP contribution in [0.3, 0.4) is 0 Å². The van der Waals surface area contributed by atoms with Crippen molar-refractivity contribution < 1.29 is 13.2 Å². The molecule has 0 bridgehead atoms. The first-order valence-corrected chi connectivity index (χ1v) is 10.2. The van der Waals surface area contributed by atoms with Crippen LogP contribution < -0.4 is 10.0 Å². The summed E-state index contributed by atoms with van der Waals surface area (Å²) >= 11 is 0. The average molecular weight is 375 g/mol. The summed E-state index contributed by atoms with van der Waals surface area (Å²) in [7, 11) is -3.73. The van der Waals surface area contributed by atoms with E-state index in [0.717, 1.165) is 17.5 Å². The molecule has 6 heteroatoms. The summed E-state index contributed by atoms with van der Waals surface area (Å²) in [6.45, 7) is 5.81. The number of aryl methyl sites for hydroxylation is 1. The van der Waals surface area contributed by atoms with E-state index in [-0.39, 0.29) is 23.3 Å². The third-order valence-corrected chi connectivity index (χ3v) is 5.73. The first-order chi connectivity index (χ1) is 12.3. The highest BCUT2D eigenvalue weighted by molar-refractivity contribution is 7.89. The molecular formula is C20H26N2O3S. The Bertz CT molecular complexity index is 818. The molecule has 0 saturated heterocycles. The number of nitrogens with one attached hydrogen (secondary N) is 2. The first kappa shape index (κ1) is 20.1. The van der Waals surface area contributed by atoms with E-state index in [1.54, 1.807) is 24.3 Å². The molecule has 2 aromatic carbocycles. The molecule has 1 amide bonds. The van der Waals surface area contributed by atoms with Gasteiger partial charge < -0.3 is 5.32 Å². The average Bonchev–Trinajstić information content (AvgIpc) is 2.62. The SMILES string of the molecule is CC[C@@H](C)NC(=O)C[C@H](NS(=O)(=O)c1ccc(C)cc1)c1ccccc1. The van der Waals surface area contributed by atoms with Gasteiger partial charge in [0.25, 0.3) is 0 Å². The predicted octanol–water partition coefficient (Wildman–Crippen LogP) is 3.32. The molecule has 2 atom stereocenters. The lowest BCUT2D eigenvalue weighted by Gasteiger charge is -2.20. The molecular weight excluding hydrogens is 348 g/mol. The minimum atomic E-state index is -3.73. The minimum Gasteiger partial charge on any atom is -0.354 e. The highest BCUT2D eigenvalue weighted by Crippen LogP contribution is 2.21. The van der Waals surface area contributed by atoms with E-state index in [1.165, 1.54) is 0 Å². The molecule has 0 unspecified atom stereocenters. The standard InChI is InChI=1S/C20H26N2O3S/c1-4-16(3)21-20(23)14-19(17-8-6-5-7-9-17)22-26(24,25)18-12-10-15(2)11-13-18/h5-13,16,19,22H,4,14H2,1-3H3,(H,21,23)/t16-,19+/m1/s1. The number of benzene rings is 2. The van der Waals surface area contributed by atoms with Crippen LogP contribution in [0.5, 0.6) is 0 Å². The van der Waals surface area contributed by atoms with Crippen LogP contribution in [0.2, 0.25) is 0 Å². The fraction of sp³-hybridized carbons (Fsp3) is 0.350. The number of rotatable bonds is 8. The Kier molecular flexibility index (Phi) is 6.94. The zero-order chi connectivity index (χ0) is 19.2. The van der Waals surface area contributed by atoms with Crippen molar-refractivity contribution >= 4 is 15.9 Å². The lowest BCUT2D eigenvalue weighted by molar-refractivity contribution is -0.122.